The van der Waals surface area contributed by atoms with Crippen LogP contribution in [0.2, 0.25) is 0 Å². The quantitative estimate of drug-likeness (QED) is 0.354. The molecule has 0 radical (unpaired) electrons. The molecular formula is C29H41N7O4. The van der Waals surface area contributed by atoms with Crippen LogP contribution in [0.25, 0.3) is 0 Å². The maximum Gasteiger partial charge on any atom is 0.270 e. The molecule has 2 fully saturated rings. The van der Waals surface area contributed by atoms with Crippen LogP contribution in [0.4, 0.5) is 5.69 Å². The minimum Gasteiger partial charge on any atom is -0.344 e. The maximum absolute atomic E-state index is 13.4. The van der Waals surface area contributed by atoms with Gasteiger partial charge in [0.25, 0.3) is 5.91 Å². The van der Waals surface area contributed by atoms with Crippen molar-refractivity contribution in [2.45, 2.75) is 64.0 Å². The van der Waals surface area contributed by atoms with Crippen molar-refractivity contribution in [3.8, 4) is 0 Å². The fraction of sp³-hybridized carbons (Fsp3) is 0.552. The maximum atomic E-state index is 13.4. The molecule has 2 heterocycles. The fourth-order valence-electron chi connectivity index (χ4n) is 5.46. The van der Waals surface area contributed by atoms with Gasteiger partial charge in [-0.05, 0) is 42.5 Å². The Morgan fingerprint density at radius 2 is 1.70 bits per heavy atom. The van der Waals surface area contributed by atoms with Crippen LogP contribution in [0, 0.1) is 5.92 Å². The van der Waals surface area contributed by atoms with Crippen molar-refractivity contribution >= 4 is 29.3 Å². The third kappa shape index (κ3) is 7.68. The fourth-order valence-corrected chi connectivity index (χ4v) is 5.46. The second-order valence-electron chi connectivity index (χ2n) is 10.6. The summed E-state index contributed by atoms with van der Waals surface area (Å²) in [6, 6.07) is 7.62. The SMILES string of the molecule is CCC(=O)N[C@H](Cc1ccc(NC(=O)[C@@H](NC(=O)c2ccnn2C)C2CCCCC2)cc1)C(=O)N1CCNCC1. The molecule has 1 aromatic heterocycles. The Balaban J connectivity index is 1.42. The van der Waals surface area contributed by atoms with Gasteiger partial charge in [-0.25, -0.2) is 0 Å². The third-order valence-electron chi connectivity index (χ3n) is 7.79. The highest BCUT2D eigenvalue weighted by Crippen LogP contribution is 2.27. The standard InChI is InChI=1S/C29H41N7O4/c1-3-25(37)33-23(29(40)36-17-15-30-16-18-36)19-20-9-11-22(12-10-20)32-28(39)26(21-7-5-4-6-8-21)34-27(38)24-13-14-31-35(24)2/h9-14,21,23,26,30H,3-8,15-19H2,1-2H3,(H,32,39)(H,33,37)(H,34,38)/t23-,26+/m1/s1. The Morgan fingerprint density at radius 3 is 2.33 bits per heavy atom. The summed E-state index contributed by atoms with van der Waals surface area (Å²) in [6.07, 6.45) is 7.19. The lowest BCUT2D eigenvalue weighted by atomic mass is 9.83. The van der Waals surface area contributed by atoms with Gasteiger partial charge in [0.15, 0.2) is 0 Å². The summed E-state index contributed by atoms with van der Waals surface area (Å²) in [5.41, 5.74) is 1.88. The number of aryl methyl sites for hydroxylation is 1. The van der Waals surface area contributed by atoms with Gasteiger partial charge in [-0.3, -0.25) is 23.9 Å². The van der Waals surface area contributed by atoms with Crippen LogP contribution in [0.3, 0.4) is 0 Å². The molecule has 1 saturated carbocycles. The number of anilines is 1. The number of carbonyl (C=O) groups is 4. The lowest BCUT2D eigenvalue weighted by Crippen LogP contribution is -2.54. The van der Waals surface area contributed by atoms with E-state index in [1.807, 2.05) is 12.1 Å². The zero-order valence-corrected chi connectivity index (χ0v) is 23.4. The number of hydrogen-bond donors (Lipinski definition) is 4. The second-order valence-corrected chi connectivity index (χ2v) is 10.6. The first-order valence-corrected chi connectivity index (χ1v) is 14.3. The lowest BCUT2D eigenvalue weighted by Gasteiger charge is -2.31. The minimum absolute atomic E-state index is 0.0594. The van der Waals surface area contributed by atoms with Gasteiger partial charge in [-0.2, -0.15) is 5.10 Å². The van der Waals surface area contributed by atoms with Crippen molar-refractivity contribution in [3.63, 3.8) is 0 Å². The van der Waals surface area contributed by atoms with Gasteiger partial charge in [-0.1, -0.05) is 38.3 Å². The molecule has 0 spiro atoms. The van der Waals surface area contributed by atoms with Crippen LogP contribution in [-0.4, -0.2) is 76.6 Å². The van der Waals surface area contributed by atoms with Crippen LogP contribution in [0.5, 0.6) is 0 Å². The summed E-state index contributed by atoms with van der Waals surface area (Å²) in [5, 5.41) is 16.1. The smallest absolute Gasteiger partial charge is 0.270 e. The predicted molar refractivity (Wildman–Crippen MR) is 151 cm³/mol. The Morgan fingerprint density at radius 1 is 1.00 bits per heavy atom. The van der Waals surface area contributed by atoms with E-state index in [1.54, 1.807) is 43.3 Å². The summed E-state index contributed by atoms with van der Waals surface area (Å²) in [7, 11) is 1.70. The van der Waals surface area contributed by atoms with E-state index in [0.29, 0.717) is 37.3 Å². The number of amides is 4. The topological polar surface area (TPSA) is 137 Å². The van der Waals surface area contributed by atoms with Crippen LogP contribution in [0.15, 0.2) is 36.5 Å². The summed E-state index contributed by atoms with van der Waals surface area (Å²) in [5.74, 6) is -0.767. The molecule has 11 nitrogen and oxygen atoms in total. The Labute approximate surface area is 235 Å². The number of rotatable bonds is 10. The molecular weight excluding hydrogens is 510 g/mol. The normalized spacial score (nSPS) is 17.5. The number of carbonyl (C=O) groups excluding carboxylic acids is 4. The molecule has 40 heavy (non-hydrogen) atoms. The van der Waals surface area contributed by atoms with E-state index in [1.165, 1.54) is 4.68 Å². The van der Waals surface area contributed by atoms with E-state index >= 15 is 0 Å². The van der Waals surface area contributed by atoms with Crippen LogP contribution < -0.4 is 21.3 Å². The number of aromatic nitrogens is 2. The van der Waals surface area contributed by atoms with E-state index in [0.717, 1.165) is 50.8 Å². The van der Waals surface area contributed by atoms with Crippen molar-refractivity contribution in [3.05, 3.63) is 47.8 Å². The first-order chi connectivity index (χ1) is 19.4. The van der Waals surface area contributed by atoms with Crippen molar-refractivity contribution in [2.75, 3.05) is 31.5 Å². The summed E-state index contributed by atoms with van der Waals surface area (Å²) >= 11 is 0. The lowest BCUT2D eigenvalue weighted by molar-refractivity contribution is -0.136. The van der Waals surface area contributed by atoms with Gasteiger partial charge >= 0.3 is 0 Å². The summed E-state index contributed by atoms with van der Waals surface area (Å²) in [6.45, 7) is 4.46. The molecule has 0 bridgehead atoms. The number of piperazine rings is 1. The second kappa shape index (κ2) is 14.1. The van der Waals surface area contributed by atoms with Crippen LogP contribution in [0.1, 0.15) is 61.5 Å². The molecule has 4 rings (SSSR count). The van der Waals surface area contributed by atoms with Gasteiger partial charge in [0.2, 0.25) is 17.7 Å². The van der Waals surface area contributed by atoms with Gasteiger partial charge in [0.1, 0.15) is 17.8 Å². The Kier molecular flexibility index (Phi) is 10.3. The van der Waals surface area contributed by atoms with E-state index in [-0.39, 0.29) is 29.5 Å². The summed E-state index contributed by atoms with van der Waals surface area (Å²) in [4.78, 5) is 53.5. The van der Waals surface area contributed by atoms with E-state index in [2.05, 4.69) is 26.4 Å². The molecule has 1 aromatic carbocycles. The molecule has 11 heteroatoms. The highest BCUT2D eigenvalue weighted by atomic mass is 16.2. The monoisotopic (exact) mass is 551 g/mol. The zero-order chi connectivity index (χ0) is 28.5. The molecule has 2 atom stereocenters. The molecule has 4 amide bonds. The number of nitrogens with one attached hydrogen (secondary N) is 4. The molecule has 2 aliphatic rings. The molecule has 1 saturated heterocycles. The average Bonchev–Trinajstić information content (AvgIpc) is 3.42. The Hall–Kier alpha value is -3.73. The van der Waals surface area contributed by atoms with Crippen LogP contribution >= 0.6 is 0 Å². The van der Waals surface area contributed by atoms with Gasteiger partial charge in [-0.15, -0.1) is 0 Å². The Bertz CT molecular complexity index is 1170. The molecule has 4 N–H and O–H groups in total. The number of nitrogens with zero attached hydrogens (tertiary/aromatic N) is 3. The zero-order valence-electron chi connectivity index (χ0n) is 23.4. The van der Waals surface area contributed by atoms with E-state index < -0.39 is 12.1 Å². The van der Waals surface area contributed by atoms with Crippen molar-refractivity contribution in [1.29, 1.82) is 0 Å². The average molecular weight is 552 g/mol. The van der Waals surface area contributed by atoms with Gasteiger partial charge in [0.05, 0.1) is 0 Å². The molecule has 1 aliphatic heterocycles. The first kappa shape index (κ1) is 29.3. The van der Waals surface area contributed by atoms with Crippen LogP contribution in [-0.2, 0) is 27.9 Å². The number of benzene rings is 1. The van der Waals surface area contributed by atoms with E-state index in [4.69, 9.17) is 0 Å². The van der Waals surface area contributed by atoms with Gasteiger partial charge in [0, 0.05) is 58.0 Å². The molecule has 216 valence electrons. The van der Waals surface area contributed by atoms with Gasteiger partial charge < -0.3 is 26.2 Å². The van der Waals surface area contributed by atoms with E-state index in [9.17, 15) is 19.2 Å². The van der Waals surface area contributed by atoms with Crippen molar-refractivity contribution in [1.82, 2.24) is 30.6 Å². The highest BCUT2D eigenvalue weighted by Gasteiger charge is 2.32. The molecule has 1 aliphatic carbocycles. The first-order valence-electron chi connectivity index (χ1n) is 14.3. The predicted octanol–water partition coefficient (Wildman–Crippen LogP) is 1.61. The summed E-state index contributed by atoms with van der Waals surface area (Å²) < 4.78 is 1.49. The minimum atomic E-state index is -0.660. The number of hydrogen-bond acceptors (Lipinski definition) is 6. The molecule has 2 aromatic rings. The molecule has 0 unspecified atom stereocenters. The third-order valence-corrected chi connectivity index (χ3v) is 7.79. The van der Waals surface area contributed by atoms with Crippen molar-refractivity contribution in [2.24, 2.45) is 13.0 Å². The highest BCUT2D eigenvalue weighted by molar-refractivity contribution is 6.00. The van der Waals surface area contributed by atoms with Crippen molar-refractivity contribution < 1.29 is 19.2 Å². The largest absolute Gasteiger partial charge is 0.344 e.